The lowest BCUT2D eigenvalue weighted by Gasteiger charge is -2.34. The summed E-state index contributed by atoms with van der Waals surface area (Å²) in [4.78, 5) is 29.6. The van der Waals surface area contributed by atoms with Gasteiger partial charge < -0.3 is 19.7 Å². The van der Waals surface area contributed by atoms with E-state index in [1.807, 2.05) is 75.4 Å². The van der Waals surface area contributed by atoms with Crippen LogP contribution in [-0.4, -0.2) is 56.3 Å². The summed E-state index contributed by atoms with van der Waals surface area (Å²) in [5.41, 5.74) is 3.02. The summed E-state index contributed by atoms with van der Waals surface area (Å²) in [6.07, 6.45) is 0.994. The zero-order valence-electron chi connectivity index (χ0n) is 24.6. The van der Waals surface area contributed by atoms with Gasteiger partial charge in [-0.2, -0.15) is 0 Å². The second kappa shape index (κ2) is 13.7. The third kappa shape index (κ3) is 7.61. The number of fused-ring (bicyclic) bond motifs is 1. The van der Waals surface area contributed by atoms with Gasteiger partial charge in [0.05, 0.1) is 11.4 Å². The Bertz CT molecular complexity index is 1500. The van der Waals surface area contributed by atoms with Crippen LogP contribution in [0.2, 0.25) is 0 Å². The standard InChI is InChI=1S/C32H39N3O6S/c1-5-24(4)33-32(37)28(18-25-12-8-7-9-13-25)34(20-26-14-10-11-23(3)17-26)31(36)21-35(42(38,39)6-2)27-15-16-29-30(19-27)41-22-40-29/h7-17,19,24,28H,5-6,18,20-22H2,1-4H3,(H,33,37)/t24-,28+/m0/s1. The molecule has 0 aliphatic carbocycles. The highest BCUT2D eigenvalue weighted by molar-refractivity contribution is 7.92. The summed E-state index contributed by atoms with van der Waals surface area (Å²) < 4.78 is 38.6. The molecule has 0 bridgehead atoms. The summed E-state index contributed by atoms with van der Waals surface area (Å²) in [5, 5.41) is 3.04. The average Bonchev–Trinajstić information content (AvgIpc) is 3.46. The van der Waals surface area contributed by atoms with Crippen molar-refractivity contribution in [3.63, 3.8) is 0 Å². The van der Waals surface area contributed by atoms with E-state index in [4.69, 9.17) is 9.47 Å². The monoisotopic (exact) mass is 593 g/mol. The van der Waals surface area contributed by atoms with E-state index in [9.17, 15) is 18.0 Å². The van der Waals surface area contributed by atoms with E-state index >= 15 is 0 Å². The van der Waals surface area contributed by atoms with Crippen molar-refractivity contribution in [3.05, 3.63) is 89.5 Å². The number of carbonyl (C=O) groups is 2. The van der Waals surface area contributed by atoms with Gasteiger partial charge in [-0.25, -0.2) is 8.42 Å². The highest BCUT2D eigenvalue weighted by atomic mass is 32.2. The maximum atomic E-state index is 14.3. The molecular formula is C32H39N3O6S. The minimum absolute atomic E-state index is 0.0367. The van der Waals surface area contributed by atoms with Gasteiger partial charge in [-0.05, 0) is 50.5 Å². The smallest absolute Gasteiger partial charge is 0.244 e. The number of sulfonamides is 1. The number of aryl methyl sites for hydroxylation is 1. The van der Waals surface area contributed by atoms with Crippen LogP contribution in [-0.2, 0) is 32.6 Å². The molecule has 0 saturated heterocycles. The van der Waals surface area contributed by atoms with Gasteiger partial charge in [0.25, 0.3) is 0 Å². The van der Waals surface area contributed by atoms with Crippen molar-refractivity contribution in [2.75, 3.05) is 23.4 Å². The van der Waals surface area contributed by atoms with Crippen LogP contribution in [0, 0.1) is 6.92 Å². The molecule has 3 aromatic rings. The number of nitrogens with one attached hydrogen (secondary N) is 1. The molecule has 2 amide bonds. The number of amides is 2. The van der Waals surface area contributed by atoms with E-state index in [0.29, 0.717) is 11.5 Å². The number of rotatable bonds is 13. The molecule has 1 N–H and O–H groups in total. The Labute approximate surface area is 248 Å². The molecule has 3 aromatic carbocycles. The fourth-order valence-corrected chi connectivity index (χ4v) is 5.82. The molecule has 42 heavy (non-hydrogen) atoms. The summed E-state index contributed by atoms with van der Waals surface area (Å²) in [5.74, 6) is -0.0878. The van der Waals surface area contributed by atoms with Crippen LogP contribution in [0.4, 0.5) is 5.69 Å². The van der Waals surface area contributed by atoms with Gasteiger partial charge in [0.15, 0.2) is 11.5 Å². The van der Waals surface area contributed by atoms with Crippen LogP contribution in [0.25, 0.3) is 0 Å². The van der Waals surface area contributed by atoms with Gasteiger partial charge in [-0.1, -0.05) is 67.1 Å². The molecule has 9 nitrogen and oxygen atoms in total. The van der Waals surface area contributed by atoms with Crippen LogP contribution < -0.4 is 19.1 Å². The summed E-state index contributed by atoms with van der Waals surface area (Å²) in [6.45, 7) is 7.07. The molecule has 0 aromatic heterocycles. The van der Waals surface area contributed by atoms with Gasteiger partial charge in [0, 0.05) is 25.1 Å². The predicted octanol–water partition coefficient (Wildman–Crippen LogP) is 4.43. The van der Waals surface area contributed by atoms with Gasteiger partial charge in [0.1, 0.15) is 12.6 Å². The number of hydrogen-bond donors (Lipinski definition) is 1. The topological polar surface area (TPSA) is 105 Å². The second-order valence-corrected chi connectivity index (χ2v) is 12.7. The second-order valence-electron chi connectivity index (χ2n) is 10.5. The van der Waals surface area contributed by atoms with E-state index in [-0.39, 0.29) is 43.1 Å². The van der Waals surface area contributed by atoms with Crippen molar-refractivity contribution in [1.29, 1.82) is 0 Å². The fraction of sp³-hybridized carbons (Fsp3) is 0.375. The molecule has 224 valence electrons. The molecule has 4 rings (SSSR count). The maximum absolute atomic E-state index is 14.3. The molecule has 2 atom stereocenters. The van der Waals surface area contributed by atoms with Crippen LogP contribution >= 0.6 is 0 Å². The van der Waals surface area contributed by atoms with E-state index in [0.717, 1.165) is 27.4 Å². The first-order valence-electron chi connectivity index (χ1n) is 14.2. The van der Waals surface area contributed by atoms with Crippen LogP contribution in [0.5, 0.6) is 11.5 Å². The van der Waals surface area contributed by atoms with Crippen molar-refractivity contribution in [2.24, 2.45) is 0 Å². The van der Waals surface area contributed by atoms with Crippen molar-refractivity contribution in [1.82, 2.24) is 10.2 Å². The average molecular weight is 594 g/mol. The van der Waals surface area contributed by atoms with Crippen LogP contribution in [0.15, 0.2) is 72.8 Å². The fourth-order valence-electron chi connectivity index (χ4n) is 4.76. The van der Waals surface area contributed by atoms with Crippen molar-refractivity contribution < 1.29 is 27.5 Å². The van der Waals surface area contributed by atoms with Crippen LogP contribution in [0.1, 0.15) is 43.9 Å². The molecule has 1 aliphatic heterocycles. The quantitative estimate of drug-likeness (QED) is 0.314. The molecular weight excluding hydrogens is 554 g/mol. The normalized spacial score (nSPS) is 13.7. The summed E-state index contributed by atoms with van der Waals surface area (Å²) >= 11 is 0. The van der Waals surface area contributed by atoms with Gasteiger partial charge in [0.2, 0.25) is 28.6 Å². The minimum atomic E-state index is -3.88. The molecule has 10 heteroatoms. The Morgan fingerprint density at radius 3 is 2.33 bits per heavy atom. The number of carbonyl (C=O) groups excluding carboxylic acids is 2. The Balaban J connectivity index is 1.75. The van der Waals surface area contributed by atoms with E-state index in [1.165, 1.54) is 11.8 Å². The minimum Gasteiger partial charge on any atom is -0.454 e. The van der Waals surface area contributed by atoms with Gasteiger partial charge in [-0.15, -0.1) is 0 Å². The summed E-state index contributed by atoms with van der Waals surface area (Å²) in [7, 11) is -3.88. The number of hydrogen-bond acceptors (Lipinski definition) is 6. The predicted molar refractivity (Wildman–Crippen MR) is 163 cm³/mol. The zero-order valence-corrected chi connectivity index (χ0v) is 25.4. The van der Waals surface area contributed by atoms with Gasteiger partial charge in [-0.3, -0.25) is 13.9 Å². The number of nitrogens with zero attached hydrogens (tertiary/aromatic N) is 2. The molecule has 1 heterocycles. The first kappa shape index (κ1) is 30.9. The zero-order chi connectivity index (χ0) is 30.3. The highest BCUT2D eigenvalue weighted by Gasteiger charge is 2.34. The molecule has 0 saturated carbocycles. The van der Waals surface area contributed by atoms with Gasteiger partial charge >= 0.3 is 0 Å². The Morgan fingerprint density at radius 1 is 0.929 bits per heavy atom. The molecule has 0 radical (unpaired) electrons. The van der Waals surface area contributed by atoms with E-state index < -0.39 is 28.5 Å². The Kier molecular flexibility index (Phi) is 10.1. The Morgan fingerprint density at radius 2 is 1.64 bits per heavy atom. The lowest BCUT2D eigenvalue weighted by molar-refractivity contribution is -0.140. The number of benzene rings is 3. The third-order valence-electron chi connectivity index (χ3n) is 7.33. The first-order valence-corrected chi connectivity index (χ1v) is 15.8. The maximum Gasteiger partial charge on any atom is 0.244 e. The lowest BCUT2D eigenvalue weighted by Crippen LogP contribution is -2.54. The SMILES string of the molecule is CC[C@H](C)NC(=O)[C@@H](Cc1ccccc1)N(Cc1cccc(C)c1)C(=O)CN(c1ccc2c(c1)OCO2)S(=O)(=O)CC. The van der Waals surface area contributed by atoms with E-state index in [2.05, 4.69) is 5.32 Å². The Hall–Kier alpha value is -4.05. The van der Waals surface area contributed by atoms with Crippen molar-refractivity contribution in [2.45, 2.75) is 59.2 Å². The number of ether oxygens (including phenoxy) is 2. The largest absolute Gasteiger partial charge is 0.454 e. The first-order chi connectivity index (χ1) is 20.1. The van der Waals surface area contributed by atoms with Crippen molar-refractivity contribution >= 4 is 27.5 Å². The lowest BCUT2D eigenvalue weighted by atomic mass is 10.0. The molecule has 0 fully saturated rings. The number of anilines is 1. The van der Waals surface area contributed by atoms with Crippen LogP contribution in [0.3, 0.4) is 0 Å². The van der Waals surface area contributed by atoms with Crippen molar-refractivity contribution in [3.8, 4) is 11.5 Å². The summed E-state index contributed by atoms with van der Waals surface area (Å²) in [6, 6.07) is 21.0. The third-order valence-corrected chi connectivity index (χ3v) is 9.07. The molecule has 0 spiro atoms. The highest BCUT2D eigenvalue weighted by Crippen LogP contribution is 2.36. The molecule has 0 unspecified atom stereocenters. The molecule has 1 aliphatic rings. The van der Waals surface area contributed by atoms with E-state index in [1.54, 1.807) is 18.2 Å².